The van der Waals surface area contributed by atoms with Gasteiger partial charge in [0, 0.05) is 59.2 Å². The first-order valence-corrected chi connectivity index (χ1v) is 19.1. The summed E-state index contributed by atoms with van der Waals surface area (Å²) < 4.78 is 0. The van der Waals surface area contributed by atoms with Crippen molar-refractivity contribution in [3.8, 4) is 344 Å². The minimum atomic E-state index is -1.12. The Morgan fingerprint density at radius 3 is 0.647 bits per heavy atom. The molecule has 0 aliphatic carbocycles. The van der Waals surface area contributed by atoms with Crippen molar-refractivity contribution in [1.82, 2.24) is 0 Å². The van der Waals surface area contributed by atoms with E-state index in [0.29, 0.717) is 6.42 Å². The summed E-state index contributed by atoms with van der Waals surface area (Å²) >= 11 is 0. The summed E-state index contributed by atoms with van der Waals surface area (Å²) in [5.74, 6) is 144. The summed E-state index contributed by atoms with van der Waals surface area (Å²) in [5, 5.41) is 0. The first-order valence-electron chi connectivity index (χ1n) is 19.1. The minimum absolute atomic E-state index is 0.510. The number of hydrogen-bond donors (Lipinski definition) is 0. The van der Waals surface area contributed by atoms with Crippen molar-refractivity contribution in [2.45, 2.75) is 58.8 Å². The Bertz CT molecular complexity index is 3920. The van der Waals surface area contributed by atoms with E-state index in [1.54, 1.807) is 6.92 Å². The van der Waals surface area contributed by atoms with E-state index < -0.39 is 5.41 Å². The third-order valence-electron chi connectivity index (χ3n) is 5.94. The Kier molecular flexibility index (Phi) is 39.5. The highest BCUT2D eigenvalue weighted by Crippen LogP contribution is 2.23. The molecule has 0 bridgehead atoms. The van der Waals surface area contributed by atoms with Gasteiger partial charge in [0.15, 0.2) is 5.41 Å². The average molecular weight is 839 g/mol. The van der Waals surface area contributed by atoms with Gasteiger partial charge in [0.05, 0.1) is 0 Å². The highest BCUT2D eigenvalue weighted by atomic mass is 14.2. The molecule has 0 heterocycles. The zero-order valence-electron chi connectivity index (χ0n) is 36.6. The highest BCUT2D eigenvalue weighted by molar-refractivity contribution is 5.53. The first-order chi connectivity index (χ1) is 33.7. The van der Waals surface area contributed by atoms with Crippen LogP contribution in [0, 0.1) is 350 Å². The summed E-state index contributed by atoms with van der Waals surface area (Å²) in [6.07, 6.45) is 16.7. The lowest BCUT2D eigenvalue weighted by atomic mass is 9.84. The van der Waals surface area contributed by atoms with Gasteiger partial charge >= 0.3 is 0 Å². The van der Waals surface area contributed by atoms with Crippen LogP contribution in [0.4, 0.5) is 0 Å². The molecule has 0 heteroatoms. The SMILES string of the molecule is C#CC#CC#CC#CC#CC#CC#CC#CC#CC#CC#CC#CC(C#CC#CC#CC#CC#CC#CC)(C#CC#CC#CC#CC#CC#CC#CC#CC#CC#CC#C)CCCCCCCC. The van der Waals surface area contributed by atoms with Crippen LogP contribution in [-0.4, -0.2) is 0 Å². The lowest BCUT2D eigenvalue weighted by Crippen LogP contribution is -2.14. The topological polar surface area (TPSA) is 0 Å². The molecule has 0 radical (unpaired) electrons. The first kappa shape index (κ1) is 55.2. The second-order valence-electron chi connectivity index (χ2n) is 10.6. The fourth-order valence-electron chi connectivity index (χ4n) is 3.38. The molecule has 0 nitrogen and oxygen atoms in total. The van der Waals surface area contributed by atoms with Crippen molar-refractivity contribution < 1.29 is 0 Å². The Morgan fingerprint density at radius 1 is 0.235 bits per heavy atom. The largest absolute Gasteiger partial charge is 0.154 e. The van der Waals surface area contributed by atoms with E-state index in [1.165, 1.54) is 0 Å². The van der Waals surface area contributed by atoms with Crippen molar-refractivity contribution in [2.24, 2.45) is 5.41 Å². The summed E-state index contributed by atoms with van der Waals surface area (Å²) in [6.45, 7) is 3.85. The zero-order chi connectivity index (χ0) is 49.0. The fourth-order valence-corrected chi connectivity index (χ4v) is 3.38. The van der Waals surface area contributed by atoms with Gasteiger partial charge in [-0.15, -0.1) is 12.8 Å². The lowest BCUT2D eigenvalue weighted by Gasteiger charge is -2.15. The van der Waals surface area contributed by atoms with E-state index in [1.807, 2.05) is 0 Å². The third-order valence-corrected chi connectivity index (χ3v) is 5.94. The van der Waals surface area contributed by atoms with E-state index in [-0.39, 0.29) is 0 Å². The van der Waals surface area contributed by atoms with Crippen LogP contribution in [-0.2, 0) is 0 Å². The maximum Gasteiger partial charge on any atom is 0.154 e. The summed E-state index contributed by atoms with van der Waals surface area (Å²) in [6, 6.07) is 0. The second kappa shape index (κ2) is 48.6. The molecule has 0 aromatic rings. The molecule has 0 aliphatic heterocycles. The normalized spacial score (nSPS) is 6.06. The molecular formula is C68H22. The molecule has 0 amide bonds. The molecule has 0 aromatic carbocycles. The minimum Gasteiger partial charge on any atom is -0.106 e. The molecule has 68 heavy (non-hydrogen) atoms. The van der Waals surface area contributed by atoms with Gasteiger partial charge in [-0.2, -0.15) is 0 Å². The molecule has 0 spiro atoms. The third kappa shape index (κ3) is 42.8. The molecule has 1 unspecified atom stereocenters. The Balaban J connectivity index is 6.45. The monoisotopic (exact) mass is 838 g/mol. The number of rotatable bonds is 7. The smallest absolute Gasteiger partial charge is 0.106 e. The van der Waals surface area contributed by atoms with Crippen molar-refractivity contribution in [3.63, 3.8) is 0 Å². The van der Waals surface area contributed by atoms with Crippen LogP contribution in [0.1, 0.15) is 58.8 Å². The van der Waals surface area contributed by atoms with Crippen molar-refractivity contribution in [3.05, 3.63) is 0 Å². The zero-order valence-corrected chi connectivity index (χ0v) is 36.6. The second-order valence-corrected chi connectivity index (χ2v) is 10.6. The fraction of sp³-hybridized carbons (Fsp3) is 0.147. The van der Waals surface area contributed by atoms with Crippen LogP contribution in [0.3, 0.4) is 0 Å². The van der Waals surface area contributed by atoms with Crippen LogP contribution in [0.15, 0.2) is 0 Å². The van der Waals surface area contributed by atoms with Gasteiger partial charge in [0.25, 0.3) is 0 Å². The van der Waals surface area contributed by atoms with Gasteiger partial charge in [0.2, 0.25) is 0 Å². The quantitative estimate of drug-likeness (QED) is 0.268. The molecule has 0 rings (SSSR count). The molecule has 0 saturated carbocycles. The molecule has 1 atom stereocenters. The molecule has 0 saturated heterocycles. The predicted octanol–water partition coefficient (Wildman–Crippen LogP) is 4.10. The summed E-state index contributed by atoms with van der Waals surface area (Å²) in [4.78, 5) is 0. The standard InChI is InChI=1S/C68H22/c1-5-9-13-17-21-24-27-29-31-33-35-37-38-40-42-44-46-49-52-55-59-63-67-68(64-60-56-20-16-12-8-4,65-61-57-53-50-47-26-23-19-15-11-7-3)66-62-58-54-51-48-45-43-41-39-36-34-32-30-28-25-22-18-14-10-6-2/h1-2H,8,12,16,20,56,60,64H2,3-4H3. The van der Waals surface area contributed by atoms with Gasteiger partial charge in [-0.1, -0.05) is 62.7 Å². The predicted molar refractivity (Wildman–Crippen MR) is 274 cm³/mol. The van der Waals surface area contributed by atoms with Crippen LogP contribution in [0.5, 0.6) is 0 Å². The van der Waals surface area contributed by atoms with Crippen LogP contribution >= 0.6 is 0 Å². The average Bonchev–Trinajstić information content (AvgIpc) is 3.35. The van der Waals surface area contributed by atoms with E-state index in [2.05, 4.69) is 338 Å². The van der Waals surface area contributed by atoms with Crippen molar-refractivity contribution in [1.29, 1.82) is 0 Å². The van der Waals surface area contributed by atoms with Crippen molar-refractivity contribution in [2.75, 3.05) is 0 Å². The van der Waals surface area contributed by atoms with E-state index in [0.717, 1.165) is 38.5 Å². The molecule has 0 N–H and O–H groups in total. The Morgan fingerprint density at radius 2 is 0.426 bits per heavy atom. The lowest BCUT2D eigenvalue weighted by molar-refractivity contribution is 0.533. The van der Waals surface area contributed by atoms with E-state index in [4.69, 9.17) is 12.8 Å². The summed E-state index contributed by atoms with van der Waals surface area (Å²) in [5.41, 5.74) is -1.12. The van der Waals surface area contributed by atoms with Gasteiger partial charge < -0.3 is 0 Å². The van der Waals surface area contributed by atoms with Gasteiger partial charge in [0.1, 0.15) is 0 Å². The Hall–Kier alpha value is -12.8. The van der Waals surface area contributed by atoms with Gasteiger partial charge in [-0.25, -0.2) is 0 Å². The molecule has 0 aromatic heterocycles. The Labute approximate surface area is 406 Å². The number of unbranched alkanes of at least 4 members (excludes halogenated alkanes) is 5. The van der Waals surface area contributed by atoms with E-state index in [9.17, 15) is 0 Å². The molecule has 294 valence electrons. The van der Waals surface area contributed by atoms with E-state index >= 15 is 0 Å². The van der Waals surface area contributed by atoms with Crippen molar-refractivity contribution >= 4 is 0 Å². The van der Waals surface area contributed by atoms with Crippen LogP contribution in [0.2, 0.25) is 0 Å². The van der Waals surface area contributed by atoms with Gasteiger partial charge in [-0.3, -0.25) is 0 Å². The number of terminal acetylenes is 2. The number of hydrogen-bond acceptors (Lipinski definition) is 0. The summed E-state index contributed by atoms with van der Waals surface area (Å²) in [7, 11) is 0. The maximum absolute atomic E-state index is 4.99. The highest BCUT2D eigenvalue weighted by Gasteiger charge is 2.22. The molecule has 0 fully saturated rings. The molecular weight excluding hydrogens is 817 g/mol. The molecule has 0 aliphatic rings. The van der Waals surface area contributed by atoms with Crippen LogP contribution < -0.4 is 0 Å². The maximum atomic E-state index is 4.99. The van der Waals surface area contributed by atoms with Crippen LogP contribution in [0.25, 0.3) is 0 Å². The van der Waals surface area contributed by atoms with Gasteiger partial charge in [-0.05, 0) is 268 Å².